The van der Waals surface area contributed by atoms with Gasteiger partial charge in [-0.05, 0) is 30.2 Å². The number of carbonyl (C=O) groups excluding carboxylic acids is 1. The average Bonchev–Trinajstić information content (AvgIpc) is 2.54. The Bertz CT molecular complexity index is 634. The Morgan fingerprint density at radius 3 is 2.26 bits per heavy atom. The highest BCUT2D eigenvalue weighted by Gasteiger charge is 2.23. The van der Waals surface area contributed by atoms with Crippen LogP contribution in [0.5, 0.6) is 0 Å². The number of nitrogens with two attached hydrogens (primary N) is 1. The van der Waals surface area contributed by atoms with E-state index in [9.17, 15) is 4.79 Å². The molecular formula is C18H22Cl2N2O. The second-order valence-electron chi connectivity index (χ2n) is 5.51. The topological polar surface area (TPSA) is 55.1 Å². The molecule has 2 unspecified atom stereocenters. The number of carbonyl (C=O) groups is 1. The largest absolute Gasteiger partial charge is 0.349 e. The van der Waals surface area contributed by atoms with Crippen LogP contribution in [0.1, 0.15) is 37.1 Å². The molecule has 2 aromatic carbocycles. The lowest BCUT2D eigenvalue weighted by Gasteiger charge is -2.22. The highest BCUT2D eigenvalue weighted by Crippen LogP contribution is 2.22. The molecule has 0 heterocycles. The Balaban J connectivity index is 0.00000264. The van der Waals surface area contributed by atoms with Crippen LogP contribution < -0.4 is 11.1 Å². The van der Waals surface area contributed by atoms with Gasteiger partial charge in [0.2, 0.25) is 5.91 Å². The minimum Gasteiger partial charge on any atom is -0.349 e. The number of hydrogen-bond donors (Lipinski definition) is 2. The van der Waals surface area contributed by atoms with Gasteiger partial charge in [-0.2, -0.15) is 0 Å². The van der Waals surface area contributed by atoms with Crippen molar-refractivity contribution in [3.63, 3.8) is 0 Å². The Hall–Kier alpha value is -1.55. The van der Waals surface area contributed by atoms with Gasteiger partial charge in [-0.3, -0.25) is 4.79 Å². The van der Waals surface area contributed by atoms with Crippen molar-refractivity contribution in [3.8, 4) is 0 Å². The summed E-state index contributed by atoms with van der Waals surface area (Å²) < 4.78 is 0. The highest BCUT2D eigenvalue weighted by molar-refractivity contribution is 6.30. The molecule has 0 aliphatic carbocycles. The van der Waals surface area contributed by atoms with Crippen LogP contribution in [-0.2, 0) is 4.79 Å². The molecule has 0 aliphatic rings. The molecule has 5 heteroatoms. The smallest absolute Gasteiger partial charge is 0.225 e. The van der Waals surface area contributed by atoms with Crippen molar-refractivity contribution in [2.75, 3.05) is 0 Å². The first-order chi connectivity index (χ1) is 10.5. The van der Waals surface area contributed by atoms with Gasteiger partial charge in [-0.15, -0.1) is 12.4 Å². The second-order valence-corrected chi connectivity index (χ2v) is 5.95. The predicted molar refractivity (Wildman–Crippen MR) is 97.8 cm³/mol. The van der Waals surface area contributed by atoms with Gasteiger partial charge in [-0.1, -0.05) is 61.0 Å². The minimum atomic E-state index is -0.326. The molecule has 0 saturated carbocycles. The van der Waals surface area contributed by atoms with Crippen LogP contribution in [0.4, 0.5) is 0 Å². The molecule has 0 fully saturated rings. The Kier molecular flexibility index (Phi) is 7.56. The molecular weight excluding hydrogens is 331 g/mol. The van der Waals surface area contributed by atoms with Crippen molar-refractivity contribution in [1.29, 1.82) is 0 Å². The van der Waals surface area contributed by atoms with Crippen molar-refractivity contribution in [2.45, 2.75) is 25.9 Å². The van der Waals surface area contributed by atoms with E-state index >= 15 is 0 Å². The predicted octanol–water partition coefficient (Wildman–Crippen LogP) is 4.28. The number of amides is 1. The Morgan fingerprint density at radius 1 is 1.04 bits per heavy atom. The van der Waals surface area contributed by atoms with Gasteiger partial charge in [0.05, 0.1) is 12.0 Å². The first-order valence-electron chi connectivity index (χ1n) is 7.35. The minimum absolute atomic E-state index is 0. The van der Waals surface area contributed by atoms with E-state index in [0.29, 0.717) is 5.02 Å². The summed E-state index contributed by atoms with van der Waals surface area (Å²) in [6.45, 7) is 3.78. The van der Waals surface area contributed by atoms with Gasteiger partial charge in [0.1, 0.15) is 0 Å². The molecule has 3 nitrogen and oxygen atoms in total. The summed E-state index contributed by atoms with van der Waals surface area (Å²) in [4.78, 5) is 12.4. The number of nitrogens with one attached hydrogen (secondary N) is 1. The molecule has 3 atom stereocenters. The maximum atomic E-state index is 12.4. The maximum absolute atomic E-state index is 12.4. The molecule has 124 valence electrons. The van der Waals surface area contributed by atoms with E-state index in [1.54, 1.807) is 0 Å². The summed E-state index contributed by atoms with van der Waals surface area (Å²) in [5.74, 6) is -0.382. The third-order valence-electron chi connectivity index (χ3n) is 3.84. The summed E-state index contributed by atoms with van der Waals surface area (Å²) in [5.41, 5.74) is 8.13. The standard InChI is InChI=1S/C18H21ClN2O.ClH/c1-12(17(20)14-7-4-3-5-8-14)18(22)21-13(2)15-9-6-10-16(19)11-15;/h3-13,17H,20H2,1-2H3,(H,21,22);1H/t12?,13-,17?;/m1./s1. The lowest BCUT2D eigenvalue weighted by atomic mass is 9.94. The van der Waals surface area contributed by atoms with Crippen LogP contribution in [0.15, 0.2) is 54.6 Å². The summed E-state index contributed by atoms with van der Waals surface area (Å²) in [6.07, 6.45) is 0. The molecule has 0 radical (unpaired) electrons. The fourth-order valence-electron chi connectivity index (χ4n) is 2.33. The van der Waals surface area contributed by atoms with E-state index in [4.69, 9.17) is 17.3 Å². The molecule has 0 aliphatic heterocycles. The first kappa shape index (κ1) is 19.5. The molecule has 2 rings (SSSR count). The zero-order chi connectivity index (χ0) is 16.1. The van der Waals surface area contributed by atoms with Crippen molar-refractivity contribution in [2.24, 2.45) is 11.7 Å². The summed E-state index contributed by atoms with van der Waals surface area (Å²) in [6, 6.07) is 16.7. The quantitative estimate of drug-likeness (QED) is 0.843. The fourth-order valence-corrected chi connectivity index (χ4v) is 2.53. The van der Waals surface area contributed by atoms with E-state index in [2.05, 4.69) is 5.32 Å². The van der Waals surface area contributed by atoms with E-state index < -0.39 is 0 Å². The number of halogens is 2. The van der Waals surface area contributed by atoms with E-state index in [1.807, 2.05) is 68.4 Å². The maximum Gasteiger partial charge on any atom is 0.225 e. The van der Waals surface area contributed by atoms with Crippen LogP contribution in [0.3, 0.4) is 0 Å². The van der Waals surface area contributed by atoms with Gasteiger partial charge >= 0.3 is 0 Å². The van der Waals surface area contributed by atoms with Crippen LogP contribution in [0.2, 0.25) is 5.02 Å². The van der Waals surface area contributed by atoms with Crippen molar-refractivity contribution >= 4 is 29.9 Å². The zero-order valence-electron chi connectivity index (χ0n) is 13.2. The molecule has 0 spiro atoms. The monoisotopic (exact) mass is 352 g/mol. The Labute approximate surface area is 148 Å². The molecule has 0 bridgehead atoms. The lowest BCUT2D eigenvalue weighted by Crippen LogP contribution is -2.36. The van der Waals surface area contributed by atoms with Crippen molar-refractivity contribution < 1.29 is 4.79 Å². The number of rotatable bonds is 5. The fraction of sp³-hybridized carbons (Fsp3) is 0.278. The van der Waals surface area contributed by atoms with E-state index in [-0.39, 0.29) is 36.3 Å². The Morgan fingerprint density at radius 2 is 1.65 bits per heavy atom. The summed E-state index contributed by atoms with van der Waals surface area (Å²) >= 11 is 5.99. The van der Waals surface area contributed by atoms with E-state index in [1.165, 1.54) is 0 Å². The summed E-state index contributed by atoms with van der Waals surface area (Å²) in [7, 11) is 0. The highest BCUT2D eigenvalue weighted by atomic mass is 35.5. The third-order valence-corrected chi connectivity index (χ3v) is 4.08. The number of hydrogen-bond acceptors (Lipinski definition) is 2. The normalized spacial score (nSPS) is 14.3. The van der Waals surface area contributed by atoms with E-state index in [0.717, 1.165) is 11.1 Å². The molecule has 0 aromatic heterocycles. The van der Waals surface area contributed by atoms with Crippen LogP contribution in [0, 0.1) is 5.92 Å². The van der Waals surface area contributed by atoms with Crippen molar-refractivity contribution in [3.05, 3.63) is 70.7 Å². The number of benzene rings is 2. The molecule has 2 aromatic rings. The van der Waals surface area contributed by atoms with Gasteiger partial charge in [0, 0.05) is 11.1 Å². The van der Waals surface area contributed by atoms with Gasteiger partial charge in [0.15, 0.2) is 0 Å². The van der Waals surface area contributed by atoms with Gasteiger partial charge in [-0.25, -0.2) is 0 Å². The molecule has 23 heavy (non-hydrogen) atoms. The second kappa shape index (κ2) is 8.92. The summed E-state index contributed by atoms with van der Waals surface area (Å²) in [5, 5.41) is 3.66. The zero-order valence-corrected chi connectivity index (χ0v) is 14.8. The van der Waals surface area contributed by atoms with Crippen LogP contribution >= 0.6 is 24.0 Å². The molecule has 0 saturated heterocycles. The lowest BCUT2D eigenvalue weighted by molar-refractivity contribution is -0.125. The van der Waals surface area contributed by atoms with Gasteiger partial charge < -0.3 is 11.1 Å². The molecule has 1 amide bonds. The average molecular weight is 353 g/mol. The SMILES string of the molecule is CC(C(=O)N[C@H](C)c1cccc(Cl)c1)C(N)c1ccccc1.Cl. The van der Waals surface area contributed by atoms with Gasteiger partial charge in [0.25, 0.3) is 0 Å². The third kappa shape index (κ3) is 5.24. The first-order valence-corrected chi connectivity index (χ1v) is 7.73. The van der Waals surface area contributed by atoms with Crippen LogP contribution in [0.25, 0.3) is 0 Å². The van der Waals surface area contributed by atoms with Crippen LogP contribution in [-0.4, -0.2) is 5.91 Å². The van der Waals surface area contributed by atoms with Crippen molar-refractivity contribution in [1.82, 2.24) is 5.32 Å². The molecule has 3 N–H and O–H groups in total.